The number of aromatic amines is 1. The van der Waals surface area contributed by atoms with E-state index in [1.807, 2.05) is 81.1 Å². The van der Waals surface area contributed by atoms with Crippen molar-refractivity contribution in [2.24, 2.45) is 0 Å². The lowest BCUT2D eigenvalue weighted by Gasteiger charge is -2.39. The van der Waals surface area contributed by atoms with Crippen LogP contribution in [-0.4, -0.2) is 55.7 Å². The third-order valence-corrected chi connectivity index (χ3v) is 8.35. The zero-order chi connectivity index (χ0) is 31.4. The molecule has 0 spiro atoms. The number of unbranched alkanes of at least 4 members (excludes halogenated alkanes) is 1. The van der Waals surface area contributed by atoms with Crippen molar-refractivity contribution in [1.29, 1.82) is 0 Å². The quantitative estimate of drug-likeness (QED) is 0.275. The van der Waals surface area contributed by atoms with Crippen molar-refractivity contribution in [1.82, 2.24) is 29.9 Å². The normalized spacial score (nSPS) is 16.9. The van der Waals surface area contributed by atoms with Crippen LogP contribution in [0.15, 0.2) is 62.6 Å². The third-order valence-electron chi connectivity index (χ3n) is 8.35. The molecule has 10 heteroatoms. The van der Waals surface area contributed by atoms with Crippen LogP contribution in [0.4, 0.5) is 0 Å². The Morgan fingerprint density at radius 2 is 1.70 bits per heavy atom. The zero-order valence-corrected chi connectivity index (χ0v) is 26.2. The minimum atomic E-state index is -0.607. The molecule has 0 saturated carbocycles. The van der Waals surface area contributed by atoms with E-state index < -0.39 is 5.76 Å². The van der Waals surface area contributed by atoms with E-state index in [1.54, 1.807) is 4.57 Å². The van der Waals surface area contributed by atoms with Crippen LogP contribution in [0.1, 0.15) is 76.0 Å². The molecule has 1 aliphatic heterocycles. The first-order valence-corrected chi connectivity index (χ1v) is 15.6. The summed E-state index contributed by atoms with van der Waals surface area (Å²) >= 11 is 0. The molecule has 0 bridgehead atoms. The Bertz CT molecular complexity index is 1710. The molecule has 1 fully saturated rings. The average molecular weight is 599 g/mol. The van der Waals surface area contributed by atoms with Gasteiger partial charge in [0.15, 0.2) is 5.82 Å². The van der Waals surface area contributed by atoms with Gasteiger partial charge in [0.1, 0.15) is 5.82 Å². The van der Waals surface area contributed by atoms with E-state index in [0.29, 0.717) is 24.4 Å². The second-order valence-electron chi connectivity index (χ2n) is 12.1. The first kappa shape index (κ1) is 31.1. The van der Waals surface area contributed by atoms with Gasteiger partial charge in [0.25, 0.3) is 5.56 Å². The molecule has 232 valence electrons. The second-order valence-corrected chi connectivity index (χ2v) is 12.1. The third kappa shape index (κ3) is 6.60. The molecule has 4 aromatic rings. The number of amides is 1. The SMILES string of the molecule is CCCCc1nc(C(C)C)c(CC(=O)N2C(C)CNCC2C)c(=O)n1Cc1ccc(-c2ccccc2-c2noc(=O)[nH]2)cc1. The predicted octanol–water partition coefficient (Wildman–Crippen LogP) is 4.52. The molecule has 2 atom stereocenters. The Hall–Kier alpha value is -4.31. The maximum atomic E-state index is 14.3. The number of aromatic nitrogens is 4. The molecule has 2 aromatic carbocycles. The molecule has 1 saturated heterocycles. The standard InChI is InChI=1S/C34H42N6O4/c1-6-7-12-29-36-31(21(2)3)28(17-30(41)40-22(4)18-35-19-23(40)5)33(42)39(29)20-24-13-15-25(16-14-24)26-10-8-9-11-27(26)32-37-34(43)44-38-32/h8-11,13-16,21-23,35H,6-7,12,17-20H2,1-5H3,(H,37,38,43). The highest BCUT2D eigenvalue weighted by molar-refractivity contribution is 5.81. The first-order chi connectivity index (χ1) is 21.2. The number of aryl methyl sites for hydroxylation is 1. The maximum Gasteiger partial charge on any atom is 0.439 e. The highest BCUT2D eigenvalue weighted by atomic mass is 16.5. The van der Waals surface area contributed by atoms with Gasteiger partial charge in [-0.25, -0.2) is 9.78 Å². The van der Waals surface area contributed by atoms with Crippen LogP contribution in [0, 0.1) is 0 Å². The molecular formula is C34H42N6O4. The molecule has 5 rings (SSSR count). The van der Waals surface area contributed by atoms with Gasteiger partial charge in [-0.05, 0) is 42.9 Å². The largest absolute Gasteiger partial charge is 0.439 e. The Balaban J connectivity index is 1.49. The summed E-state index contributed by atoms with van der Waals surface area (Å²) in [6, 6.07) is 15.8. The zero-order valence-electron chi connectivity index (χ0n) is 26.2. The van der Waals surface area contributed by atoms with Crippen LogP contribution in [-0.2, 0) is 24.2 Å². The molecule has 2 N–H and O–H groups in total. The number of hydrogen-bond acceptors (Lipinski definition) is 7. The summed E-state index contributed by atoms with van der Waals surface area (Å²) in [5.74, 6) is 0.494. The van der Waals surface area contributed by atoms with Crippen LogP contribution in [0.25, 0.3) is 22.5 Å². The van der Waals surface area contributed by atoms with Crippen LogP contribution < -0.4 is 16.6 Å². The van der Waals surface area contributed by atoms with Crippen LogP contribution in [0.5, 0.6) is 0 Å². The van der Waals surface area contributed by atoms with E-state index in [9.17, 15) is 14.4 Å². The Morgan fingerprint density at radius 1 is 1.02 bits per heavy atom. The van der Waals surface area contributed by atoms with Gasteiger partial charge in [0.2, 0.25) is 5.91 Å². The van der Waals surface area contributed by atoms with Gasteiger partial charge in [-0.15, -0.1) is 0 Å². The number of hydrogen-bond donors (Lipinski definition) is 2. The highest BCUT2D eigenvalue weighted by Crippen LogP contribution is 2.30. The molecule has 2 aromatic heterocycles. The fourth-order valence-electron chi connectivity index (χ4n) is 6.12. The lowest BCUT2D eigenvalue weighted by Crippen LogP contribution is -2.57. The van der Waals surface area contributed by atoms with Crippen molar-refractivity contribution >= 4 is 5.91 Å². The van der Waals surface area contributed by atoms with E-state index in [1.165, 1.54) is 0 Å². The number of H-pyrrole nitrogens is 1. The monoisotopic (exact) mass is 598 g/mol. The number of nitrogens with zero attached hydrogens (tertiary/aromatic N) is 4. The minimum Gasteiger partial charge on any atom is -0.334 e. The number of rotatable bonds is 10. The molecule has 0 radical (unpaired) electrons. The van der Waals surface area contributed by atoms with Crippen molar-refractivity contribution in [2.45, 2.75) is 84.8 Å². The summed E-state index contributed by atoms with van der Waals surface area (Å²) in [6.45, 7) is 12.1. The van der Waals surface area contributed by atoms with E-state index >= 15 is 0 Å². The molecule has 44 heavy (non-hydrogen) atoms. The Labute approximate surface area is 257 Å². The minimum absolute atomic E-state index is 0.0115. The summed E-state index contributed by atoms with van der Waals surface area (Å²) in [5, 5.41) is 7.23. The van der Waals surface area contributed by atoms with Gasteiger partial charge >= 0.3 is 5.76 Å². The Kier molecular flexibility index (Phi) is 9.58. The van der Waals surface area contributed by atoms with Gasteiger partial charge in [-0.3, -0.25) is 23.7 Å². The highest BCUT2D eigenvalue weighted by Gasteiger charge is 2.31. The Morgan fingerprint density at radius 3 is 2.32 bits per heavy atom. The van der Waals surface area contributed by atoms with Crippen molar-refractivity contribution in [3.63, 3.8) is 0 Å². The summed E-state index contributed by atoms with van der Waals surface area (Å²) in [6.07, 6.45) is 2.63. The maximum absolute atomic E-state index is 14.3. The van der Waals surface area contributed by atoms with Gasteiger partial charge in [0, 0.05) is 42.7 Å². The number of nitrogens with one attached hydrogen (secondary N) is 2. The van der Waals surface area contributed by atoms with E-state index in [-0.39, 0.29) is 35.9 Å². The fourth-order valence-corrected chi connectivity index (χ4v) is 6.12. The van der Waals surface area contributed by atoms with Crippen LogP contribution in [0.3, 0.4) is 0 Å². The summed E-state index contributed by atoms with van der Waals surface area (Å²) in [7, 11) is 0. The number of benzene rings is 2. The molecule has 10 nitrogen and oxygen atoms in total. The van der Waals surface area contributed by atoms with E-state index in [2.05, 4.69) is 22.4 Å². The molecule has 0 aliphatic carbocycles. The second kappa shape index (κ2) is 13.5. The lowest BCUT2D eigenvalue weighted by atomic mass is 9.98. The number of carbonyl (C=O) groups is 1. The average Bonchev–Trinajstić information content (AvgIpc) is 3.44. The van der Waals surface area contributed by atoms with Gasteiger partial charge < -0.3 is 10.2 Å². The van der Waals surface area contributed by atoms with Crippen LogP contribution >= 0.6 is 0 Å². The van der Waals surface area contributed by atoms with Crippen LogP contribution in [0.2, 0.25) is 0 Å². The smallest absolute Gasteiger partial charge is 0.334 e. The molecule has 1 aliphatic rings. The number of piperazine rings is 1. The molecular weight excluding hydrogens is 556 g/mol. The predicted molar refractivity (Wildman–Crippen MR) is 171 cm³/mol. The van der Waals surface area contributed by atoms with Gasteiger partial charge in [-0.1, -0.05) is 80.9 Å². The summed E-state index contributed by atoms with van der Waals surface area (Å²) in [4.78, 5) is 49.0. The van der Waals surface area contributed by atoms with Gasteiger partial charge in [-0.2, -0.15) is 0 Å². The van der Waals surface area contributed by atoms with E-state index in [0.717, 1.165) is 59.7 Å². The van der Waals surface area contributed by atoms with Crippen molar-refractivity contribution in [3.8, 4) is 22.5 Å². The fraction of sp³-hybridized carbons (Fsp3) is 0.441. The number of carbonyl (C=O) groups excluding carboxylic acids is 1. The summed E-state index contributed by atoms with van der Waals surface area (Å²) in [5.41, 5.74) is 4.61. The first-order valence-electron chi connectivity index (χ1n) is 15.6. The topological polar surface area (TPSA) is 126 Å². The van der Waals surface area contributed by atoms with Crippen molar-refractivity contribution in [2.75, 3.05) is 13.1 Å². The van der Waals surface area contributed by atoms with Gasteiger partial charge in [0.05, 0.1) is 18.7 Å². The lowest BCUT2D eigenvalue weighted by molar-refractivity contribution is -0.135. The molecule has 2 unspecified atom stereocenters. The molecule has 3 heterocycles. The molecule has 1 amide bonds. The van der Waals surface area contributed by atoms with Crippen molar-refractivity contribution < 1.29 is 9.32 Å². The van der Waals surface area contributed by atoms with E-state index in [4.69, 9.17) is 9.51 Å². The van der Waals surface area contributed by atoms with Crippen molar-refractivity contribution in [3.05, 3.63) is 92.1 Å². The summed E-state index contributed by atoms with van der Waals surface area (Å²) < 4.78 is 6.48.